The van der Waals surface area contributed by atoms with Gasteiger partial charge in [-0.15, -0.1) is 0 Å². The number of rotatable bonds is 0. The van der Waals surface area contributed by atoms with E-state index in [9.17, 15) is 0 Å². The molecule has 0 aliphatic carbocycles. The quantitative estimate of drug-likeness (QED) is 0.435. The summed E-state index contributed by atoms with van der Waals surface area (Å²) in [6.07, 6.45) is 7.08. The van der Waals surface area contributed by atoms with Crippen LogP contribution in [0.15, 0.2) is 17.1 Å². The lowest BCUT2D eigenvalue weighted by atomic mass is 10.2. The first-order valence-corrected chi connectivity index (χ1v) is 2.84. The Kier molecular flexibility index (Phi) is 0.886. The Bertz CT molecular complexity index is 195. The fourth-order valence-electron chi connectivity index (χ4n) is 0.888. The standard InChI is InChI=1S/C6H6N2O/c1-2-5-6(7-3-1)8-4-9-5/h1-6H/q+1. The van der Waals surface area contributed by atoms with E-state index in [1.54, 1.807) is 6.21 Å². The first-order valence-electron chi connectivity index (χ1n) is 2.84. The molecule has 2 aliphatic heterocycles. The van der Waals surface area contributed by atoms with Crippen LogP contribution < -0.4 is 4.99 Å². The van der Waals surface area contributed by atoms with E-state index in [2.05, 4.69) is 9.98 Å². The van der Waals surface area contributed by atoms with Crippen LogP contribution in [0.3, 0.4) is 0 Å². The minimum absolute atomic E-state index is 0.00463. The van der Waals surface area contributed by atoms with Crippen LogP contribution in [0.25, 0.3) is 0 Å². The van der Waals surface area contributed by atoms with E-state index in [1.165, 1.54) is 6.40 Å². The van der Waals surface area contributed by atoms with E-state index in [0.717, 1.165) is 0 Å². The van der Waals surface area contributed by atoms with Crippen LogP contribution >= 0.6 is 0 Å². The van der Waals surface area contributed by atoms with Crippen molar-refractivity contribution in [1.82, 2.24) is 4.99 Å². The predicted molar refractivity (Wildman–Crippen MR) is 34.5 cm³/mol. The summed E-state index contributed by atoms with van der Waals surface area (Å²) in [6.45, 7) is 0. The third-order valence-corrected chi connectivity index (χ3v) is 1.35. The summed E-state index contributed by atoms with van der Waals surface area (Å²) in [6, 6.07) is 0. The number of hydrogen-bond donors (Lipinski definition) is 0. The third-order valence-electron chi connectivity index (χ3n) is 1.35. The summed E-state index contributed by atoms with van der Waals surface area (Å²) < 4.78 is 5.06. The van der Waals surface area contributed by atoms with Gasteiger partial charge in [-0.3, -0.25) is 0 Å². The summed E-state index contributed by atoms with van der Waals surface area (Å²) >= 11 is 0. The maximum Gasteiger partial charge on any atom is 0.394 e. The van der Waals surface area contributed by atoms with Crippen molar-refractivity contribution in [3.05, 3.63) is 12.2 Å². The second-order valence-corrected chi connectivity index (χ2v) is 1.95. The van der Waals surface area contributed by atoms with Crippen LogP contribution in [0.1, 0.15) is 0 Å². The molecule has 0 saturated carbocycles. The molecule has 9 heavy (non-hydrogen) atoms. The highest BCUT2D eigenvalue weighted by molar-refractivity contribution is 5.73. The molecule has 0 spiro atoms. The van der Waals surface area contributed by atoms with Crippen LogP contribution in [-0.2, 0) is 4.74 Å². The zero-order valence-electron chi connectivity index (χ0n) is 4.77. The minimum Gasteiger partial charge on any atom is -0.429 e. The van der Waals surface area contributed by atoms with Gasteiger partial charge in [-0.25, -0.2) is 4.99 Å². The van der Waals surface area contributed by atoms with Gasteiger partial charge in [0.15, 0.2) is 0 Å². The molecule has 2 rings (SSSR count). The van der Waals surface area contributed by atoms with Gasteiger partial charge in [0.2, 0.25) is 6.10 Å². The van der Waals surface area contributed by atoms with Crippen molar-refractivity contribution in [2.24, 2.45) is 4.99 Å². The topological polar surface area (TPSA) is 35.7 Å². The lowest BCUT2D eigenvalue weighted by Crippen LogP contribution is -2.23. The number of dihydropyridines is 1. The van der Waals surface area contributed by atoms with Gasteiger partial charge in [0, 0.05) is 6.21 Å². The predicted octanol–water partition coefficient (Wildman–Crippen LogP) is -0.284. The lowest BCUT2D eigenvalue weighted by molar-refractivity contribution is 0.249. The second-order valence-electron chi connectivity index (χ2n) is 1.95. The normalized spacial score (nSPS) is 36.4. The Morgan fingerprint density at radius 2 is 2.56 bits per heavy atom. The maximum absolute atomic E-state index is 5.06. The molecule has 45 valence electrons. The number of hydrogen-bond acceptors (Lipinski definition) is 3. The summed E-state index contributed by atoms with van der Waals surface area (Å²) in [7, 11) is 0. The van der Waals surface area contributed by atoms with Crippen molar-refractivity contribution in [3.63, 3.8) is 0 Å². The van der Waals surface area contributed by atoms with Crippen molar-refractivity contribution >= 4 is 12.6 Å². The molecule has 0 bridgehead atoms. The van der Waals surface area contributed by atoms with Crippen LogP contribution in [0.5, 0.6) is 0 Å². The molecule has 2 atom stereocenters. The fourth-order valence-corrected chi connectivity index (χ4v) is 0.888. The average molecular weight is 122 g/mol. The molecule has 0 fully saturated rings. The lowest BCUT2D eigenvalue weighted by Gasteiger charge is -2.02. The largest absolute Gasteiger partial charge is 0.429 e. The molecule has 0 aromatic carbocycles. The van der Waals surface area contributed by atoms with Crippen molar-refractivity contribution in [2.45, 2.75) is 12.3 Å². The van der Waals surface area contributed by atoms with E-state index in [1.807, 2.05) is 12.2 Å². The fraction of sp³-hybridized carbons (Fsp3) is 0.333. The maximum atomic E-state index is 5.06. The molecule has 0 aromatic heterocycles. The molecule has 2 unspecified atom stereocenters. The van der Waals surface area contributed by atoms with Gasteiger partial charge < -0.3 is 4.74 Å². The zero-order chi connectivity index (χ0) is 6.10. The monoisotopic (exact) mass is 122 g/mol. The highest BCUT2D eigenvalue weighted by atomic mass is 16.5. The molecular weight excluding hydrogens is 116 g/mol. The third kappa shape index (κ3) is 0.650. The smallest absolute Gasteiger partial charge is 0.394 e. The van der Waals surface area contributed by atoms with Crippen LogP contribution in [-0.4, -0.2) is 24.9 Å². The van der Waals surface area contributed by atoms with Crippen molar-refractivity contribution in [2.75, 3.05) is 0 Å². The Hall–Kier alpha value is -1.12. The average Bonchev–Trinajstić information content (AvgIpc) is 2.33. The van der Waals surface area contributed by atoms with Crippen LogP contribution in [0.4, 0.5) is 0 Å². The summed E-state index contributed by atoms with van der Waals surface area (Å²) in [4.78, 5) is 8.02. The van der Waals surface area contributed by atoms with E-state index in [0.29, 0.717) is 0 Å². The molecule has 0 saturated heterocycles. The van der Waals surface area contributed by atoms with Gasteiger partial charge >= 0.3 is 12.6 Å². The second kappa shape index (κ2) is 1.69. The van der Waals surface area contributed by atoms with E-state index in [4.69, 9.17) is 4.74 Å². The SMILES string of the molecule is C1=CC2OC=[N+]C2N=C1. The van der Waals surface area contributed by atoms with E-state index >= 15 is 0 Å². The van der Waals surface area contributed by atoms with E-state index < -0.39 is 0 Å². The molecule has 1 radical (unpaired) electrons. The Morgan fingerprint density at radius 1 is 1.56 bits per heavy atom. The number of ether oxygens (including phenoxy) is 1. The summed E-state index contributed by atoms with van der Waals surface area (Å²) in [5.41, 5.74) is 0. The Labute approximate surface area is 52.8 Å². The van der Waals surface area contributed by atoms with Crippen LogP contribution in [0, 0.1) is 0 Å². The number of allylic oxidation sites excluding steroid dienone is 1. The Balaban J connectivity index is 2.25. The van der Waals surface area contributed by atoms with Gasteiger partial charge in [-0.1, -0.05) is 0 Å². The molecule has 3 nitrogen and oxygen atoms in total. The van der Waals surface area contributed by atoms with Crippen molar-refractivity contribution in [1.29, 1.82) is 0 Å². The molecular formula is C6H6N2O+. The molecule has 0 amide bonds. The molecule has 3 heteroatoms. The summed E-state index contributed by atoms with van der Waals surface area (Å²) in [5, 5.41) is 0. The molecule has 0 aromatic rings. The van der Waals surface area contributed by atoms with Gasteiger partial charge in [0.05, 0.1) is 4.99 Å². The van der Waals surface area contributed by atoms with Gasteiger partial charge in [0.25, 0.3) is 0 Å². The Morgan fingerprint density at radius 3 is 3.44 bits per heavy atom. The first kappa shape index (κ1) is 4.73. The summed E-state index contributed by atoms with van der Waals surface area (Å²) in [5.74, 6) is 0. The molecule has 2 aliphatic rings. The van der Waals surface area contributed by atoms with Crippen molar-refractivity contribution in [3.8, 4) is 0 Å². The highest BCUT2D eigenvalue weighted by Crippen LogP contribution is 2.08. The molecule has 0 N–H and O–H groups in total. The number of nitrogens with zero attached hydrogens (tertiary/aromatic N) is 2. The first-order chi connectivity index (χ1) is 4.47. The highest BCUT2D eigenvalue weighted by Gasteiger charge is 2.34. The number of aliphatic imine (C=N–C) groups is 2. The van der Waals surface area contributed by atoms with Gasteiger partial charge in [-0.05, 0) is 12.2 Å². The number of fused-ring (bicyclic) bond motifs is 1. The van der Waals surface area contributed by atoms with Gasteiger partial charge in [0.1, 0.15) is 0 Å². The van der Waals surface area contributed by atoms with Gasteiger partial charge in [-0.2, -0.15) is 0 Å². The molecule has 2 heterocycles. The van der Waals surface area contributed by atoms with E-state index in [-0.39, 0.29) is 12.3 Å². The van der Waals surface area contributed by atoms with Crippen molar-refractivity contribution < 1.29 is 4.74 Å². The minimum atomic E-state index is -0.00463. The zero-order valence-corrected chi connectivity index (χ0v) is 4.77. The van der Waals surface area contributed by atoms with Crippen LogP contribution in [0.2, 0.25) is 0 Å².